The molecule has 0 aliphatic carbocycles. The summed E-state index contributed by atoms with van der Waals surface area (Å²) in [4.78, 5) is 25.3. The lowest BCUT2D eigenvalue weighted by molar-refractivity contribution is -0.125. The number of nitrogens with zero attached hydrogens (tertiary/aromatic N) is 1. The highest BCUT2D eigenvalue weighted by atomic mass is 16.5. The van der Waals surface area contributed by atoms with Gasteiger partial charge in [0.25, 0.3) is 5.91 Å². The molecule has 0 bridgehead atoms. The van der Waals surface area contributed by atoms with Crippen LogP contribution in [-0.2, 0) is 4.79 Å². The molecule has 20 heavy (non-hydrogen) atoms. The van der Waals surface area contributed by atoms with Crippen molar-refractivity contribution < 1.29 is 19.4 Å². The molecular weight excluding hydrogens is 260 g/mol. The van der Waals surface area contributed by atoms with Gasteiger partial charge in [-0.05, 0) is 25.1 Å². The van der Waals surface area contributed by atoms with Gasteiger partial charge in [0.2, 0.25) is 0 Å². The number of aliphatic hydroxyl groups excluding tert-OH is 1. The maximum Gasteiger partial charge on any atom is 0.267 e. The molecule has 0 aromatic heterocycles. The predicted octanol–water partition coefficient (Wildman–Crippen LogP) is 0.195. The maximum absolute atomic E-state index is 12.0. The molecule has 0 radical (unpaired) electrons. The van der Waals surface area contributed by atoms with Gasteiger partial charge >= 0.3 is 0 Å². The number of benzene rings is 1. The van der Waals surface area contributed by atoms with E-state index in [9.17, 15) is 9.59 Å². The average molecular weight is 278 g/mol. The summed E-state index contributed by atoms with van der Waals surface area (Å²) in [6.45, 7) is 2.20. The zero-order valence-electron chi connectivity index (χ0n) is 11.5. The number of carbonyl (C=O) groups excluding carboxylic acids is 2. The van der Waals surface area contributed by atoms with Crippen molar-refractivity contribution in [3.63, 3.8) is 0 Å². The van der Waals surface area contributed by atoms with Crippen LogP contribution in [0.2, 0.25) is 0 Å². The number of nitrogens with one attached hydrogen (secondary N) is 1. The first-order valence-corrected chi connectivity index (χ1v) is 6.47. The van der Waals surface area contributed by atoms with E-state index in [2.05, 4.69) is 5.32 Å². The van der Waals surface area contributed by atoms with Crippen LogP contribution in [0.5, 0.6) is 5.75 Å². The number of aliphatic hydroxyl groups is 1. The molecule has 0 fully saturated rings. The van der Waals surface area contributed by atoms with E-state index in [0.717, 1.165) is 0 Å². The Bertz CT molecular complexity index is 530. The fraction of sp³-hybridized carbons (Fsp3) is 0.429. The van der Waals surface area contributed by atoms with Crippen molar-refractivity contribution in [2.24, 2.45) is 0 Å². The molecule has 1 amide bonds. The summed E-state index contributed by atoms with van der Waals surface area (Å²) in [6.07, 6.45) is -0.514. The van der Waals surface area contributed by atoms with E-state index in [4.69, 9.17) is 9.84 Å². The third kappa shape index (κ3) is 2.81. The van der Waals surface area contributed by atoms with Gasteiger partial charge in [-0.1, -0.05) is 0 Å². The van der Waals surface area contributed by atoms with Gasteiger partial charge in [0.15, 0.2) is 11.9 Å². The predicted molar refractivity (Wildman–Crippen MR) is 74.2 cm³/mol. The SMILES string of the molecule is CC1Oc2ccc(C(=O)CNCCO)cc2N(C)C1=O. The normalized spacial score (nSPS) is 17.6. The largest absolute Gasteiger partial charge is 0.479 e. The van der Waals surface area contributed by atoms with Gasteiger partial charge in [0, 0.05) is 19.2 Å². The van der Waals surface area contributed by atoms with E-state index in [1.165, 1.54) is 4.90 Å². The second kappa shape index (κ2) is 6.02. The first kappa shape index (κ1) is 14.5. The molecule has 1 aromatic carbocycles. The number of fused-ring (bicyclic) bond motifs is 1. The first-order valence-electron chi connectivity index (χ1n) is 6.47. The summed E-state index contributed by atoms with van der Waals surface area (Å²) < 4.78 is 5.50. The quantitative estimate of drug-likeness (QED) is 0.594. The molecule has 0 spiro atoms. The third-order valence-corrected chi connectivity index (χ3v) is 3.20. The van der Waals surface area contributed by atoms with Crippen LogP contribution in [-0.4, -0.2) is 49.6 Å². The molecule has 6 nitrogen and oxygen atoms in total. The highest BCUT2D eigenvalue weighted by molar-refractivity contribution is 6.03. The van der Waals surface area contributed by atoms with Crippen LogP contribution >= 0.6 is 0 Å². The number of ketones is 1. The number of Topliss-reactive ketones (excluding diaryl/α,β-unsaturated/α-hetero) is 1. The number of rotatable bonds is 5. The van der Waals surface area contributed by atoms with Crippen molar-refractivity contribution in [3.8, 4) is 5.75 Å². The van der Waals surface area contributed by atoms with Crippen LogP contribution in [0.4, 0.5) is 5.69 Å². The van der Waals surface area contributed by atoms with E-state index in [-0.39, 0.29) is 24.8 Å². The van der Waals surface area contributed by atoms with Gasteiger partial charge in [-0.25, -0.2) is 0 Å². The van der Waals surface area contributed by atoms with Gasteiger partial charge in [0.1, 0.15) is 5.75 Å². The number of hydrogen-bond donors (Lipinski definition) is 2. The standard InChI is InChI=1S/C14H18N2O4/c1-9-14(19)16(2)11-7-10(3-4-13(11)20-9)12(18)8-15-5-6-17/h3-4,7,9,15,17H,5-6,8H2,1-2H3. The zero-order valence-corrected chi connectivity index (χ0v) is 11.5. The van der Waals surface area contributed by atoms with Gasteiger partial charge in [0.05, 0.1) is 18.8 Å². The minimum Gasteiger partial charge on any atom is -0.479 e. The lowest BCUT2D eigenvalue weighted by Crippen LogP contribution is -2.42. The number of amides is 1. The first-order chi connectivity index (χ1) is 9.54. The zero-order chi connectivity index (χ0) is 14.7. The molecular formula is C14H18N2O4. The molecule has 1 atom stereocenters. The topological polar surface area (TPSA) is 78.9 Å². The molecule has 6 heteroatoms. The molecule has 1 unspecified atom stereocenters. The van der Waals surface area contributed by atoms with E-state index in [1.807, 2.05) is 0 Å². The fourth-order valence-corrected chi connectivity index (χ4v) is 2.07. The molecule has 1 aliphatic rings. The van der Waals surface area contributed by atoms with Crippen LogP contribution in [0.15, 0.2) is 18.2 Å². The minimum absolute atomic E-state index is 0.0135. The summed E-state index contributed by atoms with van der Waals surface area (Å²) in [5.74, 6) is 0.362. The van der Waals surface area contributed by atoms with Crippen LogP contribution in [0.25, 0.3) is 0 Å². The summed E-state index contributed by atoms with van der Waals surface area (Å²) in [5.41, 5.74) is 1.10. The summed E-state index contributed by atoms with van der Waals surface area (Å²) in [6, 6.07) is 5.04. The van der Waals surface area contributed by atoms with Gasteiger partial charge in [-0.2, -0.15) is 0 Å². The van der Waals surface area contributed by atoms with Crippen molar-refractivity contribution in [2.75, 3.05) is 31.6 Å². The van der Waals surface area contributed by atoms with Gasteiger partial charge in [-0.3, -0.25) is 9.59 Å². The second-order valence-electron chi connectivity index (χ2n) is 4.66. The molecule has 1 aromatic rings. The van der Waals surface area contributed by atoms with Crippen molar-refractivity contribution in [2.45, 2.75) is 13.0 Å². The molecule has 1 heterocycles. The summed E-state index contributed by atoms with van der Waals surface area (Å²) in [7, 11) is 1.67. The Kier molecular flexibility index (Phi) is 4.36. The number of hydrogen-bond acceptors (Lipinski definition) is 5. The Labute approximate surface area is 117 Å². The molecule has 0 saturated heterocycles. The Hall–Kier alpha value is -1.92. The average Bonchev–Trinajstić information content (AvgIpc) is 2.45. The van der Waals surface area contributed by atoms with Crippen LogP contribution in [0.3, 0.4) is 0 Å². The van der Waals surface area contributed by atoms with Gasteiger partial charge in [-0.15, -0.1) is 0 Å². The number of likely N-dealkylation sites (N-methyl/N-ethyl adjacent to an activating group) is 1. The third-order valence-electron chi connectivity index (χ3n) is 3.20. The van der Waals surface area contributed by atoms with Crippen molar-refractivity contribution in [1.29, 1.82) is 0 Å². The molecule has 2 rings (SSSR count). The minimum atomic E-state index is -0.514. The number of carbonyl (C=O) groups is 2. The molecule has 0 saturated carbocycles. The Morgan fingerprint density at radius 2 is 2.25 bits per heavy atom. The van der Waals surface area contributed by atoms with Crippen LogP contribution < -0.4 is 15.0 Å². The maximum atomic E-state index is 12.0. The van der Waals surface area contributed by atoms with Crippen molar-refractivity contribution in [3.05, 3.63) is 23.8 Å². The lowest BCUT2D eigenvalue weighted by atomic mass is 10.1. The molecule has 108 valence electrons. The molecule has 1 aliphatic heterocycles. The summed E-state index contributed by atoms with van der Waals surface area (Å²) in [5, 5.41) is 11.5. The van der Waals surface area contributed by atoms with Gasteiger partial charge < -0.3 is 20.1 Å². The number of ether oxygens (including phenoxy) is 1. The Morgan fingerprint density at radius 3 is 2.95 bits per heavy atom. The Morgan fingerprint density at radius 1 is 1.50 bits per heavy atom. The molecule has 2 N–H and O–H groups in total. The smallest absolute Gasteiger partial charge is 0.267 e. The van der Waals surface area contributed by atoms with Crippen molar-refractivity contribution >= 4 is 17.4 Å². The number of anilines is 1. The fourth-order valence-electron chi connectivity index (χ4n) is 2.07. The van der Waals surface area contributed by atoms with E-state index in [1.54, 1.807) is 32.2 Å². The van der Waals surface area contributed by atoms with Crippen LogP contribution in [0.1, 0.15) is 17.3 Å². The van der Waals surface area contributed by atoms with E-state index in [0.29, 0.717) is 23.5 Å². The highest BCUT2D eigenvalue weighted by Gasteiger charge is 2.29. The summed E-state index contributed by atoms with van der Waals surface area (Å²) >= 11 is 0. The lowest BCUT2D eigenvalue weighted by Gasteiger charge is -2.30. The Balaban J connectivity index is 2.19. The van der Waals surface area contributed by atoms with Crippen molar-refractivity contribution in [1.82, 2.24) is 5.32 Å². The van der Waals surface area contributed by atoms with E-state index >= 15 is 0 Å². The van der Waals surface area contributed by atoms with E-state index < -0.39 is 6.10 Å². The van der Waals surface area contributed by atoms with Crippen LogP contribution in [0, 0.1) is 0 Å². The highest BCUT2D eigenvalue weighted by Crippen LogP contribution is 2.33. The second-order valence-corrected chi connectivity index (χ2v) is 4.66. The monoisotopic (exact) mass is 278 g/mol.